The van der Waals surface area contributed by atoms with Crippen LogP contribution in [-0.4, -0.2) is 23.5 Å². The predicted molar refractivity (Wildman–Crippen MR) is 75.2 cm³/mol. The quantitative estimate of drug-likeness (QED) is 0.743. The third-order valence-electron chi connectivity index (χ3n) is 4.24. The van der Waals surface area contributed by atoms with Gasteiger partial charge in [-0.2, -0.15) is 0 Å². The molecule has 2 aliphatic rings. The molecular weight excluding hydrogens is 220 g/mol. The minimum atomic E-state index is 0.585. The summed E-state index contributed by atoms with van der Waals surface area (Å²) >= 11 is 0. The molecule has 0 aliphatic carbocycles. The molecule has 0 radical (unpaired) electrons. The van der Waals surface area contributed by atoms with E-state index in [9.17, 15) is 0 Å². The second-order valence-corrected chi connectivity index (χ2v) is 5.86. The smallest absolute Gasteiger partial charge is 0.0899 e. The van der Waals surface area contributed by atoms with E-state index in [4.69, 9.17) is 0 Å². The highest BCUT2D eigenvalue weighted by atomic mass is 15.4. The molecule has 0 aromatic heterocycles. The van der Waals surface area contributed by atoms with Gasteiger partial charge in [0, 0.05) is 18.9 Å². The Bertz CT molecular complexity index is 493. The van der Waals surface area contributed by atoms with E-state index in [1.807, 2.05) is 0 Å². The molecular formula is C16H22N2. The van der Waals surface area contributed by atoms with E-state index in [1.165, 1.54) is 35.2 Å². The first-order chi connectivity index (χ1) is 8.56. The standard InChI is InChI=1S/C16H22N2/c1-11-7-12(2)16(13(3)8-11)15-6-5-14-9-17(4)10-18(14)15/h7-9,15H,5-6,10H2,1-4H3/t15-/m1/s1. The van der Waals surface area contributed by atoms with Gasteiger partial charge in [0.05, 0.1) is 12.7 Å². The highest BCUT2D eigenvalue weighted by Crippen LogP contribution is 2.43. The van der Waals surface area contributed by atoms with Crippen LogP contribution < -0.4 is 0 Å². The molecule has 1 aromatic rings. The maximum atomic E-state index is 2.57. The fourth-order valence-corrected chi connectivity index (χ4v) is 3.66. The van der Waals surface area contributed by atoms with Gasteiger partial charge >= 0.3 is 0 Å². The van der Waals surface area contributed by atoms with Crippen molar-refractivity contribution in [2.75, 3.05) is 13.7 Å². The topological polar surface area (TPSA) is 6.48 Å². The Balaban J connectivity index is 2.00. The molecule has 3 rings (SSSR count). The van der Waals surface area contributed by atoms with Crippen molar-refractivity contribution in [1.82, 2.24) is 9.80 Å². The molecule has 0 N–H and O–H groups in total. The van der Waals surface area contributed by atoms with E-state index in [-0.39, 0.29) is 0 Å². The van der Waals surface area contributed by atoms with Crippen LogP contribution >= 0.6 is 0 Å². The van der Waals surface area contributed by atoms with Crippen LogP contribution in [0.5, 0.6) is 0 Å². The van der Waals surface area contributed by atoms with Crippen LogP contribution in [0.15, 0.2) is 24.0 Å². The fourth-order valence-electron chi connectivity index (χ4n) is 3.66. The van der Waals surface area contributed by atoms with Crippen molar-refractivity contribution < 1.29 is 0 Å². The van der Waals surface area contributed by atoms with Crippen molar-refractivity contribution in [3.8, 4) is 0 Å². The largest absolute Gasteiger partial charge is 0.361 e. The van der Waals surface area contributed by atoms with Crippen molar-refractivity contribution >= 4 is 0 Å². The summed E-state index contributed by atoms with van der Waals surface area (Å²) < 4.78 is 0. The monoisotopic (exact) mass is 242 g/mol. The summed E-state index contributed by atoms with van der Waals surface area (Å²) in [5, 5.41) is 0. The molecule has 18 heavy (non-hydrogen) atoms. The Morgan fingerprint density at radius 1 is 1.11 bits per heavy atom. The van der Waals surface area contributed by atoms with Crippen molar-refractivity contribution in [2.24, 2.45) is 0 Å². The Hall–Kier alpha value is -1.44. The number of fused-ring (bicyclic) bond motifs is 1. The van der Waals surface area contributed by atoms with Crippen LogP contribution in [0.2, 0.25) is 0 Å². The molecule has 0 unspecified atom stereocenters. The Labute approximate surface area is 110 Å². The van der Waals surface area contributed by atoms with E-state index in [0.717, 1.165) is 6.67 Å². The van der Waals surface area contributed by atoms with E-state index < -0.39 is 0 Å². The summed E-state index contributed by atoms with van der Waals surface area (Å²) in [7, 11) is 2.16. The molecule has 1 fully saturated rings. The van der Waals surface area contributed by atoms with Crippen LogP contribution in [-0.2, 0) is 0 Å². The third kappa shape index (κ3) is 1.71. The molecule has 96 valence electrons. The maximum absolute atomic E-state index is 2.57. The van der Waals surface area contributed by atoms with Gasteiger partial charge in [-0.25, -0.2) is 0 Å². The normalized spacial score (nSPS) is 22.4. The summed E-state index contributed by atoms with van der Waals surface area (Å²) in [5.41, 5.74) is 7.35. The van der Waals surface area contributed by atoms with Crippen LogP contribution in [0, 0.1) is 20.8 Å². The predicted octanol–water partition coefficient (Wildman–Crippen LogP) is 3.49. The van der Waals surface area contributed by atoms with Gasteiger partial charge < -0.3 is 9.80 Å². The van der Waals surface area contributed by atoms with Crippen LogP contribution in [0.1, 0.15) is 41.1 Å². The zero-order chi connectivity index (χ0) is 12.9. The molecule has 1 saturated heterocycles. The third-order valence-corrected chi connectivity index (χ3v) is 4.24. The minimum absolute atomic E-state index is 0.585. The van der Waals surface area contributed by atoms with Crippen molar-refractivity contribution in [3.05, 3.63) is 46.3 Å². The summed E-state index contributed by atoms with van der Waals surface area (Å²) in [6.45, 7) is 7.76. The SMILES string of the molecule is Cc1cc(C)c([C@H]2CCC3=CN(C)CN32)c(C)c1. The van der Waals surface area contributed by atoms with E-state index in [1.54, 1.807) is 5.56 Å². The number of benzene rings is 1. The summed E-state index contributed by atoms with van der Waals surface area (Å²) in [6.07, 6.45) is 4.80. The number of rotatable bonds is 1. The lowest BCUT2D eigenvalue weighted by atomic mass is 9.93. The Morgan fingerprint density at radius 3 is 2.44 bits per heavy atom. The fraction of sp³-hybridized carbons (Fsp3) is 0.500. The average molecular weight is 242 g/mol. The Morgan fingerprint density at radius 2 is 1.78 bits per heavy atom. The first kappa shape index (κ1) is 11.6. The maximum Gasteiger partial charge on any atom is 0.0899 e. The van der Waals surface area contributed by atoms with Gasteiger partial charge in [-0.1, -0.05) is 17.7 Å². The molecule has 0 bridgehead atoms. The molecule has 2 heterocycles. The minimum Gasteiger partial charge on any atom is -0.361 e. The van der Waals surface area contributed by atoms with Crippen LogP contribution in [0.3, 0.4) is 0 Å². The van der Waals surface area contributed by atoms with Crippen LogP contribution in [0.4, 0.5) is 0 Å². The molecule has 0 amide bonds. The van der Waals surface area contributed by atoms with Gasteiger partial charge in [-0.3, -0.25) is 0 Å². The average Bonchev–Trinajstić information content (AvgIpc) is 2.77. The molecule has 1 atom stereocenters. The van der Waals surface area contributed by atoms with Gasteiger partial charge in [-0.05, 0) is 50.3 Å². The van der Waals surface area contributed by atoms with Gasteiger partial charge in [-0.15, -0.1) is 0 Å². The summed E-state index contributed by atoms with van der Waals surface area (Å²) in [5.74, 6) is 0. The highest BCUT2D eigenvalue weighted by molar-refractivity contribution is 5.41. The number of aryl methyl sites for hydroxylation is 3. The highest BCUT2D eigenvalue weighted by Gasteiger charge is 2.34. The zero-order valence-corrected chi connectivity index (χ0v) is 11.8. The van der Waals surface area contributed by atoms with E-state index in [0.29, 0.717) is 6.04 Å². The van der Waals surface area contributed by atoms with Crippen molar-refractivity contribution in [1.29, 1.82) is 0 Å². The second kappa shape index (κ2) is 4.04. The van der Waals surface area contributed by atoms with Gasteiger partial charge in [0.15, 0.2) is 0 Å². The van der Waals surface area contributed by atoms with Gasteiger partial charge in [0.25, 0.3) is 0 Å². The number of allylic oxidation sites excluding steroid dienone is 1. The van der Waals surface area contributed by atoms with E-state index in [2.05, 4.69) is 56.0 Å². The lowest BCUT2D eigenvalue weighted by molar-refractivity contribution is 0.243. The molecule has 0 saturated carbocycles. The van der Waals surface area contributed by atoms with Gasteiger partial charge in [0.1, 0.15) is 0 Å². The molecule has 0 spiro atoms. The lowest BCUT2D eigenvalue weighted by Crippen LogP contribution is -2.26. The molecule has 2 nitrogen and oxygen atoms in total. The van der Waals surface area contributed by atoms with Crippen molar-refractivity contribution in [2.45, 2.75) is 39.7 Å². The van der Waals surface area contributed by atoms with Gasteiger partial charge in [0.2, 0.25) is 0 Å². The van der Waals surface area contributed by atoms with Crippen molar-refractivity contribution in [3.63, 3.8) is 0 Å². The summed E-state index contributed by atoms with van der Waals surface area (Å²) in [6, 6.07) is 5.23. The first-order valence-electron chi connectivity index (χ1n) is 6.81. The number of hydrogen-bond acceptors (Lipinski definition) is 2. The van der Waals surface area contributed by atoms with E-state index >= 15 is 0 Å². The molecule has 2 heteroatoms. The lowest BCUT2D eigenvalue weighted by Gasteiger charge is -2.28. The van der Waals surface area contributed by atoms with Crippen LogP contribution in [0.25, 0.3) is 0 Å². The Kier molecular flexibility index (Phi) is 2.61. The summed E-state index contributed by atoms with van der Waals surface area (Å²) in [4.78, 5) is 4.87. The number of nitrogens with zero attached hydrogens (tertiary/aromatic N) is 2. The zero-order valence-electron chi connectivity index (χ0n) is 11.8. The molecule has 1 aromatic carbocycles. The number of hydrogen-bond donors (Lipinski definition) is 0. The first-order valence-corrected chi connectivity index (χ1v) is 6.81. The molecule has 2 aliphatic heterocycles. The second-order valence-electron chi connectivity index (χ2n) is 5.86.